The minimum atomic E-state index is 0.103. The molecule has 2 aromatic carbocycles. The highest BCUT2D eigenvalue weighted by Crippen LogP contribution is 2.29. The van der Waals surface area contributed by atoms with E-state index in [-0.39, 0.29) is 6.10 Å². The van der Waals surface area contributed by atoms with E-state index in [0.717, 1.165) is 30.0 Å². The van der Waals surface area contributed by atoms with Crippen LogP contribution in [0, 0.1) is 27.7 Å². The molecule has 0 amide bonds. The summed E-state index contributed by atoms with van der Waals surface area (Å²) in [6.07, 6.45) is 1.01. The maximum Gasteiger partial charge on any atom is 0.126 e. The molecule has 0 saturated heterocycles. The summed E-state index contributed by atoms with van der Waals surface area (Å²) in [5, 5.41) is 3.09. The minimum absolute atomic E-state index is 0.103. The molecule has 1 atom stereocenters. The van der Waals surface area contributed by atoms with E-state index in [1.807, 2.05) is 25.2 Å². The first kappa shape index (κ1) is 19.3. The molecule has 0 bridgehead atoms. The van der Waals surface area contributed by atoms with Crippen molar-refractivity contribution in [3.63, 3.8) is 0 Å². The van der Waals surface area contributed by atoms with Gasteiger partial charge in [0.15, 0.2) is 0 Å². The van der Waals surface area contributed by atoms with E-state index in [4.69, 9.17) is 9.47 Å². The molecule has 0 aliphatic rings. The summed E-state index contributed by atoms with van der Waals surface area (Å²) in [5.41, 5.74) is 6.44. The molecule has 136 valence electrons. The molecule has 3 heteroatoms. The zero-order valence-corrected chi connectivity index (χ0v) is 16.4. The van der Waals surface area contributed by atoms with Crippen LogP contribution in [0.2, 0.25) is 0 Å². The zero-order valence-electron chi connectivity index (χ0n) is 16.4. The molecule has 2 aromatic rings. The first-order chi connectivity index (χ1) is 11.9. The van der Waals surface area contributed by atoms with Crippen molar-refractivity contribution < 1.29 is 9.47 Å². The summed E-state index contributed by atoms with van der Waals surface area (Å²) >= 11 is 0. The standard InChI is InChI=1S/C22H31NO2/c1-15-12-16(2)20(17(3)13-15)14-18(4)25-22-9-7-8-21(19(22)5)24-11-10-23-6/h7-9,12-13,18,23H,10-11,14H2,1-6H3/t18-/m0/s1. The number of hydrogen-bond acceptors (Lipinski definition) is 3. The van der Waals surface area contributed by atoms with Gasteiger partial charge in [0.2, 0.25) is 0 Å². The summed E-state index contributed by atoms with van der Waals surface area (Å²) in [6.45, 7) is 12.2. The summed E-state index contributed by atoms with van der Waals surface area (Å²) in [7, 11) is 1.92. The van der Waals surface area contributed by atoms with Crippen LogP contribution in [-0.4, -0.2) is 26.3 Å². The fourth-order valence-corrected chi connectivity index (χ4v) is 3.22. The Morgan fingerprint density at radius 2 is 1.64 bits per heavy atom. The van der Waals surface area contributed by atoms with Gasteiger partial charge in [0.1, 0.15) is 18.1 Å². The predicted octanol–water partition coefficient (Wildman–Crippen LogP) is 4.53. The molecule has 0 spiro atoms. The van der Waals surface area contributed by atoms with Crippen LogP contribution in [0.15, 0.2) is 30.3 Å². The van der Waals surface area contributed by atoms with Crippen LogP contribution >= 0.6 is 0 Å². The van der Waals surface area contributed by atoms with E-state index in [1.54, 1.807) is 0 Å². The van der Waals surface area contributed by atoms with Gasteiger partial charge in [0.05, 0.1) is 6.10 Å². The van der Waals surface area contributed by atoms with E-state index < -0.39 is 0 Å². The molecular weight excluding hydrogens is 310 g/mol. The average molecular weight is 341 g/mol. The molecule has 2 rings (SSSR count). The van der Waals surface area contributed by atoms with Crippen LogP contribution < -0.4 is 14.8 Å². The minimum Gasteiger partial charge on any atom is -0.492 e. The fourth-order valence-electron chi connectivity index (χ4n) is 3.22. The largest absolute Gasteiger partial charge is 0.492 e. The molecule has 25 heavy (non-hydrogen) atoms. The van der Waals surface area contributed by atoms with Gasteiger partial charge < -0.3 is 14.8 Å². The summed E-state index contributed by atoms with van der Waals surface area (Å²) < 4.78 is 12.1. The van der Waals surface area contributed by atoms with Crippen LogP contribution in [0.3, 0.4) is 0 Å². The van der Waals surface area contributed by atoms with Crippen molar-refractivity contribution in [3.05, 3.63) is 58.1 Å². The molecule has 0 aliphatic carbocycles. The van der Waals surface area contributed by atoms with Crippen molar-refractivity contribution in [1.82, 2.24) is 5.32 Å². The van der Waals surface area contributed by atoms with Crippen LogP contribution in [-0.2, 0) is 6.42 Å². The Bertz CT molecular complexity index is 686. The van der Waals surface area contributed by atoms with Crippen molar-refractivity contribution >= 4 is 0 Å². The van der Waals surface area contributed by atoms with E-state index in [9.17, 15) is 0 Å². The second-order valence-corrected chi connectivity index (χ2v) is 6.84. The Balaban J connectivity index is 2.08. The van der Waals surface area contributed by atoms with E-state index >= 15 is 0 Å². The van der Waals surface area contributed by atoms with Gasteiger partial charge in [-0.05, 0) is 70.5 Å². The van der Waals surface area contributed by atoms with Crippen molar-refractivity contribution in [2.45, 2.75) is 47.1 Å². The molecule has 0 heterocycles. The Labute approximate surface area is 152 Å². The number of nitrogens with one attached hydrogen (secondary N) is 1. The van der Waals surface area contributed by atoms with Gasteiger partial charge in [0.25, 0.3) is 0 Å². The highest BCUT2D eigenvalue weighted by Gasteiger charge is 2.13. The van der Waals surface area contributed by atoms with E-state index in [0.29, 0.717) is 6.61 Å². The van der Waals surface area contributed by atoms with Gasteiger partial charge in [-0.2, -0.15) is 0 Å². The average Bonchev–Trinajstić information content (AvgIpc) is 2.54. The quantitative estimate of drug-likeness (QED) is 0.716. The van der Waals surface area contributed by atoms with Crippen LogP contribution in [0.4, 0.5) is 0 Å². The van der Waals surface area contributed by atoms with Crippen LogP contribution in [0.5, 0.6) is 11.5 Å². The lowest BCUT2D eigenvalue weighted by atomic mass is 9.95. The highest BCUT2D eigenvalue weighted by atomic mass is 16.5. The molecule has 0 radical (unpaired) electrons. The normalized spacial score (nSPS) is 12.1. The second-order valence-electron chi connectivity index (χ2n) is 6.84. The van der Waals surface area contributed by atoms with E-state index in [2.05, 4.69) is 52.1 Å². The number of hydrogen-bond donors (Lipinski definition) is 1. The van der Waals surface area contributed by atoms with Gasteiger partial charge >= 0.3 is 0 Å². The maximum atomic E-state index is 6.24. The molecule has 0 fully saturated rings. The third-order valence-corrected chi connectivity index (χ3v) is 4.50. The number of benzene rings is 2. The lowest BCUT2D eigenvalue weighted by molar-refractivity contribution is 0.218. The second kappa shape index (κ2) is 8.91. The third kappa shape index (κ3) is 5.23. The fraction of sp³-hybridized carbons (Fsp3) is 0.455. The van der Waals surface area contributed by atoms with Gasteiger partial charge in [-0.3, -0.25) is 0 Å². The van der Waals surface area contributed by atoms with Crippen molar-refractivity contribution in [2.24, 2.45) is 0 Å². The SMILES string of the molecule is CNCCOc1cccc(O[C@@H](C)Cc2c(C)cc(C)cc2C)c1C. The Morgan fingerprint density at radius 3 is 2.28 bits per heavy atom. The molecule has 1 N–H and O–H groups in total. The Kier molecular flexibility index (Phi) is 6.89. The molecule has 0 saturated carbocycles. The number of aryl methyl sites for hydroxylation is 3. The lowest BCUT2D eigenvalue weighted by Gasteiger charge is -2.20. The lowest BCUT2D eigenvalue weighted by Crippen LogP contribution is -2.18. The number of ether oxygens (including phenoxy) is 2. The third-order valence-electron chi connectivity index (χ3n) is 4.50. The van der Waals surface area contributed by atoms with Crippen LogP contribution in [0.1, 0.15) is 34.7 Å². The summed E-state index contributed by atoms with van der Waals surface area (Å²) in [6, 6.07) is 10.5. The predicted molar refractivity (Wildman–Crippen MR) is 105 cm³/mol. The zero-order chi connectivity index (χ0) is 18.4. The Morgan fingerprint density at radius 1 is 1.00 bits per heavy atom. The van der Waals surface area contributed by atoms with Crippen molar-refractivity contribution in [3.8, 4) is 11.5 Å². The molecule has 0 aliphatic heterocycles. The summed E-state index contributed by atoms with van der Waals surface area (Å²) in [4.78, 5) is 0. The Hall–Kier alpha value is -2.00. The first-order valence-corrected chi connectivity index (χ1v) is 9.02. The smallest absolute Gasteiger partial charge is 0.126 e. The molecule has 0 aromatic heterocycles. The van der Waals surface area contributed by atoms with E-state index in [1.165, 1.54) is 22.3 Å². The van der Waals surface area contributed by atoms with Gasteiger partial charge in [-0.25, -0.2) is 0 Å². The topological polar surface area (TPSA) is 30.5 Å². The molecular formula is C22H31NO2. The van der Waals surface area contributed by atoms with Crippen LogP contribution in [0.25, 0.3) is 0 Å². The molecule has 0 unspecified atom stereocenters. The summed E-state index contributed by atoms with van der Waals surface area (Å²) in [5.74, 6) is 1.79. The molecule has 3 nitrogen and oxygen atoms in total. The number of likely N-dealkylation sites (N-methyl/N-ethyl adjacent to an activating group) is 1. The highest BCUT2D eigenvalue weighted by molar-refractivity contribution is 5.44. The van der Waals surface area contributed by atoms with Gasteiger partial charge in [-0.15, -0.1) is 0 Å². The maximum absolute atomic E-state index is 6.24. The first-order valence-electron chi connectivity index (χ1n) is 9.02. The van der Waals surface area contributed by atoms with Crippen molar-refractivity contribution in [1.29, 1.82) is 0 Å². The van der Waals surface area contributed by atoms with Gasteiger partial charge in [-0.1, -0.05) is 23.8 Å². The van der Waals surface area contributed by atoms with Gasteiger partial charge in [0, 0.05) is 18.5 Å². The monoisotopic (exact) mass is 341 g/mol. The van der Waals surface area contributed by atoms with Crippen molar-refractivity contribution in [2.75, 3.05) is 20.2 Å². The number of rotatable bonds is 8.